The number of rotatable bonds is 13. The maximum absolute atomic E-state index is 12.8. The van der Waals surface area contributed by atoms with Gasteiger partial charge in [0.1, 0.15) is 6.04 Å². The van der Waals surface area contributed by atoms with Gasteiger partial charge in [-0.1, -0.05) is 78.8 Å². The Hall–Kier alpha value is -2.47. The predicted octanol–water partition coefficient (Wildman–Crippen LogP) is 3.56. The van der Waals surface area contributed by atoms with Gasteiger partial charge in [0, 0.05) is 36.7 Å². The fraction of sp³-hybridized carbons (Fsp3) is 0.677. The van der Waals surface area contributed by atoms with E-state index in [-0.39, 0.29) is 43.5 Å². The minimum atomic E-state index is -0.888. The summed E-state index contributed by atoms with van der Waals surface area (Å²) in [6.45, 7) is 16.6. The Morgan fingerprint density at radius 2 is 1.48 bits per heavy atom. The highest BCUT2D eigenvalue weighted by molar-refractivity contribution is 7.99. The molecule has 0 aromatic heterocycles. The van der Waals surface area contributed by atoms with Gasteiger partial charge >= 0.3 is 0 Å². The van der Waals surface area contributed by atoms with Gasteiger partial charge in [-0.05, 0) is 23.8 Å². The number of hydrogen-bond donors (Lipinski definition) is 4. The van der Waals surface area contributed by atoms with E-state index in [1.54, 1.807) is 0 Å². The average Bonchev–Trinajstić information content (AvgIpc) is 3.75. The van der Waals surface area contributed by atoms with E-state index in [0.717, 1.165) is 42.0 Å². The van der Waals surface area contributed by atoms with Crippen molar-refractivity contribution < 1.29 is 29.6 Å². The van der Waals surface area contributed by atoms with E-state index in [4.69, 9.17) is 4.74 Å². The summed E-state index contributed by atoms with van der Waals surface area (Å²) in [6, 6.07) is 8.38. The number of benzene rings is 1. The van der Waals surface area contributed by atoms with Crippen molar-refractivity contribution in [2.24, 2.45) is 11.8 Å². The van der Waals surface area contributed by atoms with E-state index in [0.29, 0.717) is 13.0 Å². The molecule has 1 aromatic rings. The second-order valence-corrected chi connectivity index (χ2v) is 13.0. The fourth-order valence-corrected chi connectivity index (χ4v) is 4.46. The van der Waals surface area contributed by atoms with Crippen LogP contribution in [0.4, 0.5) is 0 Å². The molecule has 2 aliphatic heterocycles. The third-order valence-electron chi connectivity index (χ3n) is 5.85. The zero-order valence-electron chi connectivity index (χ0n) is 26.6. The molecule has 2 atom stereocenters. The maximum Gasteiger partial charge on any atom is 0.243 e. The Morgan fingerprint density at radius 1 is 0.905 bits per heavy atom. The van der Waals surface area contributed by atoms with E-state index in [1.165, 1.54) is 0 Å². The molecular formula is C31H61N5O5S. The second kappa shape index (κ2) is 20.4. The number of Topliss-reactive ketones (excluding diaryl/α,β-unsaturated/α-hetero) is 1. The van der Waals surface area contributed by atoms with Crippen molar-refractivity contribution in [3.05, 3.63) is 35.9 Å². The Labute approximate surface area is 262 Å². The van der Waals surface area contributed by atoms with Crippen LogP contribution in [0.5, 0.6) is 0 Å². The Balaban J connectivity index is -0.000000660. The van der Waals surface area contributed by atoms with E-state index in [2.05, 4.69) is 62.9 Å². The van der Waals surface area contributed by atoms with Gasteiger partial charge in [-0.15, -0.1) is 0 Å². The van der Waals surface area contributed by atoms with Crippen molar-refractivity contribution in [1.29, 1.82) is 0 Å². The summed E-state index contributed by atoms with van der Waals surface area (Å²) < 4.78 is 5.25. The number of thioether (sulfide) groups is 1. The number of nitrogens with zero attached hydrogens (tertiary/aromatic N) is 1. The Kier molecular flexibility index (Phi) is 18.3. The lowest BCUT2D eigenvalue weighted by atomic mass is 10.0. The lowest BCUT2D eigenvalue weighted by Crippen LogP contribution is -2.53. The normalized spacial score (nSPS) is 18.5. The fourth-order valence-electron chi connectivity index (χ4n) is 3.55. The SMILES string of the molecule is CC(C)C.CC(C)C.CC[C@]1(C(=O)CNC(=O)[C@H](Cc2ccccc2)NC(=O)CNC(=O)CNN2CCSCC2)CO1.[HH].[HH].[HH].[HH]. The highest BCUT2D eigenvalue weighted by atomic mass is 32.2. The van der Waals surface area contributed by atoms with Gasteiger partial charge in [0.2, 0.25) is 17.7 Å². The number of hydrogen-bond acceptors (Lipinski definition) is 8. The number of carbonyl (C=O) groups excluding carboxylic acids is 4. The summed E-state index contributed by atoms with van der Waals surface area (Å²) in [5.41, 5.74) is 3.13. The third-order valence-corrected chi connectivity index (χ3v) is 6.79. The molecule has 0 spiro atoms. The second-order valence-electron chi connectivity index (χ2n) is 11.8. The lowest BCUT2D eigenvalue weighted by molar-refractivity contribution is -0.131. The van der Waals surface area contributed by atoms with Gasteiger partial charge in [-0.25, -0.2) is 10.4 Å². The van der Waals surface area contributed by atoms with E-state index in [1.807, 2.05) is 54.0 Å². The Morgan fingerprint density at radius 3 is 2.00 bits per heavy atom. The highest BCUT2D eigenvalue weighted by Gasteiger charge is 2.49. The molecule has 1 aromatic carbocycles. The molecule has 10 nitrogen and oxygen atoms in total. The smallest absolute Gasteiger partial charge is 0.243 e. The monoisotopic (exact) mass is 615 g/mol. The third kappa shape index (κ3) is 16.8. The first-order valence-corrected chi connectivity index (χ1v) is 16.1. The first-order chi connectivity index (χ1) is 19.9. The molecule has 0 bridgehead atoms. The standard InChI is InChI=1S/C23H33N5O5S.2C4H10.4H2/c1-2-23(16-33-23)19(29)13-25-22(32)18(12-17-6-4-3-5-7-17)27-21(31)14-24-20(30)15-26-28-8-10-34-11-9-28;2*1-4(2)3;;;;/h3-7,18,26H,2,8-16H2,1H3,(H,24,30)(H,25,32)(H,27,31);2*4H,1-3H3;4*1H/t18-,23+;;;;;;/m0....../s1. The van der Waals surface area contributed by atoms with E-state index < -0.39 is 23.5 Å². The quantitative estimate of drug-likeness (QED) is 0.248. The summed E-state index contributed by atoms with van der Waals surface area (Å²) in [5.74, 6) is 2.26. The van der Waals surface area contributed by atoms with Gasteiger partial charge in [0.05, 0.1) is 26.2 Å². The van der Waals surface area contributed by atoms with Crippen molar-refractivity contribution >= 4 is 35.3 Å². The van der Waals surface area contributed by atoms with Crippen LogP contribution >= 0.6 is 11.8 Å². The molecule has 0 unspecified atom stereocenters. The number of hydrazine groups is 1. The van der Waals surface area contributed by atoms with Crippen molar-refractivity contribution in [3.63, 3.8) is 0 Å². The largest absolute Gasteiger partial charge is 0.361 e. The zero-order chi connectivity index (χ0) is 31.5. The van der Waals surface area contributed by atoms with Gasteiger partial charge in [0.15, 0.2) is 11.4 Å². The van der Waals surface area contributed by atoms with Gasteiger partial charge in [-0.3, -0.25) is 19.2 Å². The summed E-state index contributed by atoms with van der Waals surface area (Å²) in [7, 11) is 0. The van der Waals surface area contributed by atoms with Gasteiger partial charge in [0.25, 0.3) is 0 Å². The van der Waals surface area contributed by atoms with Crippen LogP contribution in [0.1, 0.15) is 66.2 Å². The van der Waals surface area contributed by atoms with Crippen LogP contribution in [-0.2, 0) is 30.3 Å². The van der Waals surface area contributed by atoms with Crippen LogP contribution in [-0.4, -0.2) is 91.0 Å². The molecule has 0 radical (unpaired) electrons. The summed E-state index contributed by atoms with van der Waals surface area (Å²) in [4.78, 5) is 49.7. The molecular weight excluding hydrogens is 554 g/mol. The number of epoxide rings is 1. The highest BCUT2D eigenvalue weighted by Crippen LogP contribution is 2.31. The molecule has 42 heavy (non-hydrogen) atoms. The van der Waals surface area contributed by atoms with Crippen molar-refractivity contribution in [2.75, 3.05) is 50.8 Å². The van der Waals surface area contributed by atoms with Crippen molar-refractivity contribution in [1.82, 2.24) is 26.4 Å². The Bertz CT molecular complexity index is 958. The molecule has 0 aliphatic carbocycles. The first kappa shape index (κ1) is 37.6. The number of amides is 3. The zero-order valence-corrected chi connectivity index (χ0v) is 27.4. The minimum Gasteiger partial charge on any atom is -0.361 e. The number of nitrogens with one attached hydrogen (secondary N) is 4. The number of ether oxygens (including phenoxy) is 1. The molecule has 3 amide bonds. The minimum absolute atomic E-state index is 0. The van der Waals surface area contributed by atoms with Crippen LogP contribution in [0.3, 0.4) is 0 Å². The first-order valence-electron chi connectivity index (χ1n) is 15.0. The van der Waals surface area contributed by atoms with Crippen LogP contribution in [0, 0.1) is 11.8 Å². The number of carbonyl (C=O) groups is 4. The van der Waals surface area contributed by atoms with Crippen LogP contribution in [0.2, 0.25) is 0 Å². The van der Waals surface area contributed by atoms with Crippen LogP contribution in [0.25, 0.3) is 0 Å². The summed E-state index contributed by atoms with van der Waals surface area (Å²) in [5, 5.41) is 9.86. The summed E-state index contributed by atoms with van der Waals surface area (Å²) >= 11 is 1.87. The molecule has 2 heterocycles. The molecule has 0 saturated carbocycles. The molecule has 4 N–H and O–H groups in total. The predicted molar refractivity (Wildman–Crippen MR) is 178 cm³/mol. The molecule has 246 valence electrons. The van der Waals surface area contributed by atoms with E-state index >= 15 is 0 Å². The summed E-state index contributed by atoms with van der Waals surface area (Å²) in [6.07, 6.45) is 0.807. The van der Waals surface area contributed by atoms with Crippen molar-refractivity contribution in [2.45, 2.75) is 73.0 Å². The van der Waals surface area contributed by atoms with Gasteiger partial charge in [-0.2, -0.15) is 11.8 Å². The molecule has 2 saturated heterocycles. The average molecular weight is 616 g/mol. The molecule has 3 rings (SSSR count). The maximum atomic E-state index is 12.8. The van der Waals surface area contributed by atoms with Crippen LogP contribution < -0.4 is 21.4 Å². The lowest BCUT2D eigenvalue weighted by Gasteiger charge is -2.26. The van der Waals surface area contributed by atoms with E-state index in [9.17, 15) is 19.2 Å². The van der Waals surface area contributed by atoms with Gasteiger partial charge < -0.3 is 20.7 Å². The topological polar surface area (TPSA) is 132 Å². The number of ketones is 1. The molecule has 11 heteroatoms. The molecule has 2 aliphatic rings. The van der Waals surface area contributed by atoms with Crippen molar-refractivity contribution in [3.8, 4) is 0 Å². The molecule has 2 fully saturated rings. The van der Waals surface area contributed by atoms with Crippen LogP contribution in [0.15, 0.2) is 30.3 Å².